The number of carbonyl (C=O) groups is 1. The topological polar surface area (TPSA) is 44.8 Å². The highest BCUT2D eigenvalue weighted by atomic mass is 16.5. The maximum absolute atomic E-state index is 11.5. The summed E-state index contributed by atoms with van der Waals surface area (Å²) in [4.78, 5) is 11.5. The third-order valence-electron chi connectivity index (χ3n) is 4.15. The summed E-state index contributed by atoms with van der Waals surface area (Å²) in [5.41, 5.74) is 1.20. The Hall–Kier alpha value is -1.99. The van der Waals surface area contributed by atoms with Crippen molar-refractivity contribution < 1.29 is 19.0 Å². The van der Waals surface area contributed by atoms with E-state index in [2.05, 4.69) is 11.8 Å². The lowest BCUT2D eigenvalue weighted by Crippen LogP contribution is -2.18. The quantitative estimate of drug-likeness (QED) is 0.546. The number of methoxy groups -OCH3 is 2. The molecule has 0 saturated heterocycles. The Morgan fingerprint density at radius 1 is 1.22 bits per heavy atom. The fourth-order valence-corrected chi connectivity index (χ4v) is 2.52. The van der Waals surface area contributed by atoms with E-state index in [0.717, 1.165) is 30.8 Å². The predicted molar refractivity (Wildman–Crippen MR) is 88.3 cm³/mol. The molecule has 1 atom stereocenters. The van der Waals surface area contributed by atoms with Crippen LogP contribution in [0.5, 0.6) is 5.75 Å². The normalized spacial score (nSPS) is 16.0. The molecule has 0 heterocycles. The average Bonchev–Trinajstić information content (AvgIpc) is 3.33. The number of esters is 1. The smallest absolute Gasteiger partial charge is 0.307 e. The Labute approximate surface area is 138 Å². The second-order valence-corrected chi connectivity index (χ2v) is 6.02. The van der Waals surface area contributed by atoms with Crippen LogP contribution in [0.3, 0.4) is 0 Å². The Bertz CT molecular complexity index is 576. The van der Waals surface area contributed by atoms with Crippen molar-refractivity contribution in [1.29, 1.82) is 0 Å². The van der Waals surface area contributed by atoms with E-state index in [1.165, 1.54) is 7.11 Å². The van der Waals surface area contributed by atoms with Crippen LogP contribution in [0.25, 0.3) is 0 Å². The van der Waals surface area contributed by atoms with Gasteiger partial charge in [-0.05, 0) is 37.5 Å². The van der Waals surface area contributed by atoms with E-state index in [-0.39, 0.29) is 23.7 Å². The van der Waals surface area contributed by atoms with Crippen molar-refractivity contribution in [2.75, 3.05) is 27.4 Å². The standard InChI is InChI=1S/C19H24O4/c1-4-5-16(12-18(20)22-3)15-6-8-17(9-7-15)23-14-19(10-11-19)13-21-2/h6-9,16H,10-14H2,1-3H3. The molecule has 0 aromatic heterocycles. The molecule has 0 N–H and O–H groups in total. The fourth-order valence-electron chi connectivity index (χ4n) is 2.52. The largest absolute Gasteiger partial charge is 0.493 e. The van der Waals surface area contributed by atoms with Crippen LogP contribution in [0.1, 0.15) is 37.7 Å². The molecule has 4 heteroatoms. The van der Waals surface area contributed by atoms with Gasteiger partial charge in [-0.15, -0.1) is 5.92 Å². The van der Waals surface area contributed by atoms with E-state index < -0.39 is 0 Å². The molecule has 2 rings (SSSR count). The minimum atomic E-state index is -0.256. The summed E-state index contributed by atoms with van der Waals surface area (Å²) in [6, 6.07) is 7.78. The summed E-state index contributed by atoms with van der Waals surface area (Å²) in [5, 5.41) is 0. The van der Waals surface area contributed by atoms with E-state index in [9.17, 15) is 4.79 Å². The minimum absolute atomic E-state index is 0.148. The number of hydrogen-bond acceptors (Lipinski definition) is 4. The summed E-state index contributed by atoms with van der Waals surface area (Å²) >= 11 is 0. The van der Waals surface area contributed by atoms with Crippen molar-refractivity contribution in [2.24, 2.45) is 5.41 Å². The number of rotatable bonds is 8. The van der Waals surface area contributed by atoms with Gasteiger partial charge >= 0.3 is 5.97 Å². The molecule has 4 nitrogen and oxygen atoms in total. The molecule has 0 spiro atoms. The number of carbonyl (C=O) groups excluding carboxylic acids is 1. The third-order valence-corrected chi connectivity index (χ3v) is 4.15. The Morgan fingerprint density at radius 2 is 1.91 bits per heavy atom. The van der Waals surface area contributed by atoms with E-state index in [4.69, 9.17) is 14.2 Å². The van der Waals surface area contributed by atoms with Gasteiger partial charge in [0.15, 0.2) is 0 Å². The molecule has 1 fully saturated rings. The van der Waals surface area contributed by atoms with Gasteiger partial charge in [-0.3, -0.25) is 4.79 Å². The van der Waals surface area contributed by atoms with Crippen LogP contribution in [-0.2, 0) is 14.3 Å². The first-order valence-electron chi connectivity index (χ1n) is 7.83. The van der Waals surface area contributed by atoms with E-state index in [1.54, 1.807) is 14.0 Å². The molecular formula is C19H24O4. The number of ether oxygens (including phenoxy) is 3. The molecule has 124 valence electrons. The fraction of sp³-hybridized carbons (Fsp3) is 0.526. The molecule has 23 heavy (non-hydrogen) atoms. The van der Waals surface area contributed by atoms with Gasteiger partial charge in [0.05, 0.1) is 32.7 Å². The molecule has 0 bridgehead atoms. The molecule has 1 saturated carbocycles. The highest BCUT2D eigenvalue weighted by Crippen LogP contribution is 2.46. The van der Waals surface area contributed by atoms with E-state index >= 15 is 0 Å². The summed E-state index contributed by atoms with van der Waals surface area (Å²) in [5.74, 6) is 6.36. The molecule has 0 radical (unpaired) electrons. The maximum atomic E-state index is 11.5. The Kier molecular flexibility index (Phi) is 6.06. The predicted octanol–water partition coefficient (Wildman–Crippen LogP) is 3.16. The van der Waals surface area contributed by atoms with Gasteiger partial charge in [-0.25, -0.2) is 0 Å². The van der Waals surface area contributed by atoms with E-state index in [0.29, 0.717) is 6.61 Å². The van der Waals surface area contributed by atoms with Crippen molar-refractivity contribution in [3.63, 3.8) is 0 Å². The first-order chi connectivity index (χ1) is 11.1. The van der Waals surface area contributed by atoms with Crippen molar-refractivity contribution in [2.45, 2.75) is 32.1 Å². The van der Waals surface area contributed by atoms with Gasteiger partial charge in [-0.2, -0.15) is 0 Å². The summed E-state index contributed by atoms with van der Waals surface area (Å²) < 4.78 is 15.9. The average molecular weight is 316 g/mol. The molecule has 1 aromatic carbocycles. The second kappa shape index (κ2) is 8.03. The summed E-state index contributed by atoms with van der Waals surface area (Å²) in [7, 11) is 3.12. The van der Waals surface area contributed by atoms with Gasteiger partial charge in [-0.1, -0.05) is 18.1 Å². The Balaban J connectivity index is 1.96. The highest BCUT2D eigenvalue weighted by molar-refractivity contribution is 5.71. The summed E-state index contributed by atoms with van der Waals surface area (Å²) in [6.07, 6.45) is 2.58. The van der Waals surface area contributed by atoms with Crippen LogP contribution in [-0.4, -0.2) is 33.4 Å². The number of benzene rings is 1. The first-order valence-corrected chi connectivity index (χ1v) is 7.83. The van der Waals surface area contributed by atoms with Crippen LogP contribution >= 0.6 is 0 Å². The maximum Gasteiger partial charge on any atom is 0.307 e. The van der Waals surface area contributed by atoms with Crippen LogP contribution in [0.15, 0.2) is 24.3 Å². The van der Waals surface area contributed by atoms with Crippen LogP contribution < -0.4 is 4.74 Å². The molecule has 1 unspecified atom stereocenters. The molecule has 0 aliphatic heterocycles. The van der Waals surface area contributed by atoms with Crippen LogP contribution in [0.2, 0.25) is 0 Å². The van der Waals surface area contributed by atoms with Gasteiger partial charge < -0.3 is 14.2 Å². The monoisotopic (exact) mass is 316 g/mol. The first kappa shape index (κ1) is 17.4. The Morgan fingerprint density at radius 3 is 2.43 bits per heavy atom. The summed E-state index contributed by atoms with van der Waals surface area (Å²) in [6.45, 7) is 3.20. The van der Waals surface area contributed by atoms with E-state index in [1.807, 2.05) is 24.3 Å². The van der Waals surface area contributed by atoms with Crippen molar-refractivity contribution in [1.82, 2.24) is 0 Å². The van der Waals surface area contributed by atoms with Gasteiger partial charge in [0, 0.05) is 12.5 Å². The molecule has 1 aliphatic rings. The lowest BCUT2D eigenvalue weighted by Gasteiger charge is -2.16. The number of hydrogen-bond donors (Lipinski definition) is 0. The lowest BCUT2D eigenvalue weighted by molar-refractivity contribution is -0.140. The zero-order valence-corrected chi connectivity index (χ0v) is 14.1. The SMILES string of the molecule is CC#CC(CC(=O)OC)c1ccc(OCC2(COC)CC2)cc1. The lowest BCUT2D eigenvalue weighted by atomic mass is 9.96. The van der Waals surface area contributed by atoms with Gasteiger partial charge in [0.25, 0.3) is 0 Å². The third kappa shape index (κ3) is 5.01. The molecular weight excluding hydrogens is 292 g/mol. The molecule has 1 aromatic rings. The van der Waals surface area contributed by atoms with Crippen LogP contribution in [0, 0.1) is 17.3 Å². The second-order valence-electron chi connectivity index (χ2n) is 6.02. The highest BCUT2D eigenvalue weighted by Gasteiger charge is 2.43. The van der Waals surface area contributed by atoms with Crippen LogP contribution in [0.4, 0.5) is 0 Å². The van der Waals surface area contributed by atoms with Crippen molar-refractivity contribution >= 4 is 5.97 Å². The molecule has 1 aliphatic carbocycles. The minimum Gasteiger partial charge on any atom is -0.493 e. The van der Waals surface area contributed by atoms with Crippen molar-refractivity contribution in [3.05, 3.63) is 29.8 Å². The van der Waals surface area contributed by atoms with Gasteiger partial charge in [0.2, 0.25) is 0 Å². The zero-order chi connectivity index (χ0) is 16.7. The van der Waals surface area contributed by atoms with Gasteiger partial charge in [0.1, 0.15) is 5.75 Å². The zero-order valence-electron chi connectivity index (χ0n) is 14.1. The molecule has 0 amide bonds. The van der Waals surface area contributed by atoms with Crippen molar-refractivity contribution in [3.8, 4) is 17.6 Å².